The molecule has 0 aliphatic carbocycles. The Bertz CT molecular complexity index is 563. The molecule has 1 aromatic carbocycles. The van der Waals surface area contributed by atoms with Crippen LogP contribution in [0.25, 0.3) is 0 Å². The van der Waals surface area contributed by atoms with Gasteiger partial charge < -0.3 is 14.7 Å². The van der Waals surface area contributed by atoms with Gasteiger partial charge in [0.05, 0.1) is 12.5 Å². The standard InChI is InChI=1S/C19H28N2O3/c1-2-8-21-17-7-6-16(19(21)23)13-20(14-17)12-15-4-3-5-18(11-15)24-10-9-22/h3-5,11,16-17,22H,2,6-10,12-14H2,1H3/t16-,17+/m1/s1. The molecule has 24 heavy (non-hydrogen) atoms. The van der Waals surface area contributed by atoms with E-state index in [1.54, 1.807) is 0 Å². The summed E-state index contributed by atoms with van der Waals surface area (Å²) in [7, 11) is 0. The predicted octanol–water partition coefficient (Wildman–Crippen LogP) is 1.89. The van der Waals surface area contributed by atoms with Crippen molar-refractivity contribution in [2.75, 3.05) is 32.8 Å². The number of amides is 1. The fourth-order valence-corrected chi connectivity index (χ4v) is 3.95. The van der Waals surface area contributed by atoms with Gasteiger partial charge >= 0.3 is 0 Å². The van der Waals surface area contributed by atoms with E-state index in [2.05, 4.69) is 22.8 Å². The topological polar surface area (TPSA) is 53.0 Å². The van der Waals surface area contributed by atoms with Crippen LogP contribution >= 0.6 is 0 Å². The van der Waals surface area contributed by atoms with Crippen LogP contribution in [0.2, 0.25) is 0 Å². The van der Waals surface area contributed by atoms with E-state index >= 15 is 0 Å². The molecule has 3 saturated heterocycles. The van der Waals surface area contributed by atoms with Crippen molar-refractivity contribution in [1.82, 2.24) is 9.80 Å². The van der Waals surface area contributed by atoms with Gasteiger partial charge in [-0.25, -0.2) is 0 Å². The molecule has 3 aliphatic rings. The van der Waals surface area contributed by atoms with E-state index in [1.165, 1.54) is 5.56 Å². The molecule has 0 radical (unpaired) electrons. The van der Waals surface area contributed by atoms with E-state index in [0.29, 0.717) is 18.6 Å². The van der Waals surface area contributed by atoms with Crippen molar-refractivity contribution >= 4 is 5.91 Å². The number of benzene rings is 1. The highest BCUT2D eigenvalue weighted by Gasteiger charge is 2.39. The molecule has 0 saturated carbocycles. The van der Waals surface area contributed by atoms with Gasteiger partial charge in [-0.2, -0.15) is 0 Å². The normalized spacial score (nSPS) is 24.2. The zero-order chi connectivity index (χ0) is 16.9. The second-order valence-corrected chi connectivity index (χ2v) is 6.87. The van der Waals surface area contributed by atoms with Gasteiger partial charge in [0.15, 0.2) is 0 Å². The first-order chi connectivity index (χ1) is 11.7. The number of hydrogen-bond donors (Lipinski definition) is 1. The molecule has 2 bridgehead atoms. The van der Waals surface area contributed by atoms with Crippen LogP contribution in [0.1, 0.15) is 31.7 Å². The van der Waals surface area contributed by atoms with Crippen molar-refractivity contribution < 1.29 is 14.6 Å². The largest absolute Gasteiger partial charge is 0.491 e. The number of ether oxygens (including phenoxy) is 1. The van der Waals surface area contributed by atoms with Gasteiger partial charge in [0, 0.05) is 32.2 Å². The first-order valence-electron chi connectivity index (χ1n) is 9.06. The fourth-order valence-electron chi connectivity index (χ4n) is 3.95. The molecule has 4 rings (SSSR count). The van der Waals surface area contributed by atoms with Gasteiger partial charge in [-0.3, -0.25) is 9.69 Å². The monoisotopic (exact) mass is 332 g/mol. The molecule has 1 aromatic rings. The maximum absolute atomic E-state index is 12.6. The van der Waals surface area contributed by atoms with Crippen molar-refractivity contribution in [3.63, 3.8) is 0 Å². The third-order valence-electron chi connectivity index (χ3n) is 5.00. The molecule has 2 atom stereocenters. The molecule has 1 N–H and O–H groups in total. The number of hydrogen-bond acceptors (Lipinski definition) is 4. The summed E-state index contributed by atoms with van der Waals surface area (Å²) in [6.07, 6.45) is 3.19. The van der Waals surface area contributed by atoms with Crippen LogP contribution in [0.15, 0.2) is 24.3 Å². The van der Waals surface area contributed by atoms with E-state index < -0.39 is 0 Å². The van der Waals surface area contributed by atoms with Gasteiger partial charge in [-0.15, -0.1) is 0 Å². The van der Waals surface area contributed by atoms with Crippen molar-refractivity contribution in [1.29, 1.82) is 0 Å². The van der Waals surface area contributed by atoms with Crippen molar-refractivity contribution in [2.45, 2.75) is 38.8 Å². The zero-order valence-corrected chi connectivity index (χ0v) is 14.5. The third kappa shape index (κ3) is 3.90. The van der Waals surface area contributed by atoms with Crippen LogP contribution in [0.5, 0.6) is 5.75 Å². The number of piperidine rings is 1. The summed E-state index contributed by atoms with van der Waals surface area (Å²) in [5.41, 5.74) is 1.20. The Morgan fingerprint density at radius 2 is 2.17 bits per heavy atom. The van der Waals surface area contributed by atoms with Gasteiger partial charge in [0.1, 0.15) is 12.4 Å². The van der Waals surface area contributed by atoms with Crippen LogP contribution in [0.3, 0.4) is 0 Å². The molecule has 1 amide bonds. The van der Waals surface area contributed by atoms with Gasteiger partial charge in [0.2, 0.25) is 5.91 Å². The molecular formula is C19H28N2O3. The predicted molar refractivity (Wildman–Crippen MR) is 92.8 cm³/mol. The molecule has 3 heterocycles. The summed E-state index contributed by atoms with van der Waals surface area (Å²) >= 11 is 0. The second kappa shape index (κ2) is 7.99. The van der Waals surface area contributed by atoms with Crippen LogP contribution in [0, 0.1) is 5.92 Å². The maximum Gasteiger partial charge on any atom is 0.227 e. The number of carbonyl (C=O) groups is 1. The molecule has 5 nitrogen and oxygen atoms in total. The lowest BCUT2D eigenvalue weighted by molar-refractivity contribution is -0.139. The number of aliphatic hydroxyl groups excluding tert-OH is 1. The number of rotatable bonds is 7. The van der Waals surface area contributed by atoms with Crippen LogP contribution in [-0.4, -0.2) is 59.7 Å². The number of nitrogens with zero attached hydrogens (tertiary/aromatic N) is 2. The molecule has 5 heteroatoms. The Hall–Kier alpha value is -1.59. The van der Waals surface area contributed by atoms with E-state index in [1.807, 2.05) is 18.2 Å². The first-order valence-corrected chi connectivity index (χ1v) is 9.06. The molecule has 3 fully saturated rings. The minimum absolute atomic E-state index is 0.0229. The van der Waals surface area contributed by atoms with Crippen molar-refractivity contribution in [3.05, 3.63) is 29.8 Å². The first kappa shape index (κ1) is 17.2. The smallest absolute Gasteiger partial charge is 0.227 e. The highest BCUT2D eigenvalue weighted by Crippen LogP contribution is 2.30. The molecule has 132 valence electrons. The Labute approximate surface area is 144 Å². The Morgan fingerprint density at radius 3 is 2.96 bits per heavy atom. The Kier molecular flexibility index (Phi) is 5.74. The van der Waals surface area contributed by atoms with E-state index in [-0.39, 0.29) is 12.5 Å². The summed E-state index contributed by atoms with van der Waals surface area (Å²) in [5.74, 6) is 1.31. The average Bonchev–Trinajstić information content (AvgIpc) is 2.85. The third-order valence-corrected chi connectivity index (χ3v) is 5.00. The molecule has 0 unspecified atom stereocenters. The van der Waals surface area contributed by atoms with Crippen molar-refractivity contribution in [3.8, 4) is 5.75 Å². The lowest BCUT2D eigenvalue weighted by Crippen LogP contribution is -2.48. The summed E-state index contributed by atoms with van der Waals surface area (Å²) in [6.45, 7) is 6.03. The summed E-state index contributed by atoms with van der Waals surface area (Å²) < 4.78 is 5.50. The minimum Gasteiger partial charge on any atom is -0.491 e. The van der Waals surface area contributed by atoms with Gasteiger partial charge in [-0.1, -0.05) is 19.1 Å². The van der Waals surface area contributed by atoms with Gasteiger partial charge in [0.25, 0.3) is 0 Å². The van der Waals surface area contributed by atoms with Gasteiger partial charge in [-0.05, 0) is 37.0 Å². The number of carbonyl (C=O) groups excluding carboxylic acids is 1. The SMILES string of the molecule is CCCN1C(=O)[C@@H]2CC[C@H]1CN(Cc1cccc(OCCO)c1)C2. The summed E-state index contributed by atoms with van der Waals surface area (Å²) in [4.78, 5) is 17.2. The lowest BCUT2D eigenvalue weighted by atomic mass is 9.94. The number of aliphatic hydroxyl groups is 1. The highest BCUT2D eigenvalue weighted by atomic mass is 16.5. The molecule has 0 spiro atoms. The summed E-state index contributed by atoms with van der Waals surface area (Å²) in [5, 5.41) is 8.88. The Morgan fingerprint density at radius 1 is 1.29 bits per heavy atom. The van der Waals surface area contributed by atoms with E-state index in [9.17, 15) is 4.79 Å². The van der Waals surface area contributed by atoms with E-state index in [4.69, 9.17) is 9.84 Å². The maximum atomic E-state index is 12.6. The van der Waals surface area contributed by atoms with Crippen LogP contribution in [0.4, 0.5) is 0 Å². The highest BCUT2D eigenvalue weighted by molar-refractivity contribution is 5.80. The van der Waals surface area contributed by atoms with Crippen LogP contribution in [-0.2, 0) is 11.3 Å². The number of fused-ring (bicyclic) bond motifs is 4. The summed E-state index contributed by atoms with van der Waals surface area (Å²) in [6, 6.07) is 8.41. The minimum atomic E-state index is 0.0229. The second-order valence-electron chi connectivity index (χ2n) is 6.87. The van der Waals surface area contributed by atoms with Crippen LogP contribution < -0.4 is 4.74 Å². The lowest BCUT2D eigenvalue weighted by Gasteiger charge is -2.35. The average molecular weight is 332 g/mol. The Balaban J connectivity index is 1.67. The van der Waals surface area contributed by atoms with E-state index in [0.717, 1.165) is 51.2 Å². The molecule has 3 aliphatic heterocycles. The molecule has 0 aromatic heterocycles. The van der Waals surface area contributed by atoms with Crippen molar-refractivity contribution in [2.24, 2.45) is 5.92 Å². The quantitative estimate of drug-likeness (QED) is 0.828. The fraction of sp³-hybridized carbons (Fsp3) is 0.632. The zero-order valence-electron chi connectivity index (χ0n) is 14.5. The molecular weight excluding hydrogens is 304 g/mol.